The molecule has 4 nitrogen and oxygen atoms in total. The maximum atomic E-state index is 7.45. The first kappa shape index (κ1) is 15.8. The van der Waals surface area contributed by atoms with Gasteiger partial charge in [0.05, 0.1) is 11.6 Å². The van der Waals surface area contributed by atoms with Crippen LogP contribution in [0.25, 0.3) is 0 Å². The number of methoxy groups -OCH3 is 1. The first-order chi connectivity index (χ1) is 9.01. The average molecular weight is 284 g/mol. The Morgan fingerprint density at radius 3 is 2.68 bits per heavy atom. The van der Waals surface area contributed by atoms with E-state index in [1.165, 1.54) is 0 Å². The Labute approximate surface area is 120 Å². The summed E-state index contributed by atoms with van der Waals surface area (Å²) in [6, 6.07) is 6.00. The summed E-state index contributed by atoms with van der Waals surface area (Å²) in [6.07, 6.45) is 1.04. The minimum atomic E-state index is -0.0106. The Bertz CT molecular complexity index is 437. The standard InChI is InChI=1S/C14H22ClN3O/c1-4-10(2)18(7-8-19-3)11-5-6-12(14(16)17)13(15)9-11/h5-6,9-10H,4,7-8H2,1-3H3,(H3,16,17). The van der Waals surface area contributed by atoms with E-state index in [2.05, 4.69) is 18.7 Å². The summed E-state index contributed by atoms with van der Waals surface area (Å²) in [5, 5.41) is 7.96. The Hall–Kier alpha value is -1.26. The lowest BCUT2D eigenvalue weighted by Crippen LogP contribution is -2.35. The number of hydrogen-bond acceptors (Lipinski definition) is 3. The number of amidine groups is 1. The van der Waals surface area contributed by atoms with Gasteiger partial charge in [-0.25, -0.2) is 0 Å². The van der Waals surface area contributed by atoms with Gasteiger partial charge in [0.15, 0.2) is 0 Å². The topological polar surface area (TPSA) is 62.3 Å². The molecule has 0 bridgehead atoms. The van der Waals surface area contributed by atoms with Crippen LogP contribution in [-0.2, 0) is 4.74 Å². The van der Waals surface area contributed by atoms with Crippen molar-refractivity contribution in [2.45, 2.75) is 26.3 Å². The van der Waals surface area contributed by atoms with Crippen LogP contribution in [-0.4, -0.2) is 32.1 Å². The molecule has 1 aromatic carbocycles. The third kappa shape index (κ3) is 4.11. The normalized spacial score (nSPS) is 12.2. The van der Waals surface area contributed by atoms with Gasteiger partial charge in [0.1, 0.15) is 5.84 Å². The van der Waals surface area contributed by atoms with Gasteiger partial charge in [-0.3, -0.25) is 5.41 Å². The number of hydrogen-bond donors (Lipinski definition) is 2. The molecule has 0 heterocycles. The molecule has 0 aromatic heterocycles. The number of halogens is 1. The fourth-order valence-corrected chi connectivity index (χ4v) is 2.19. The van der Waals surface area contributed by atoms with E-state index in [0.29, 0.717) is 23.2 Å². The lowest BCUT2D eigenvalue weighted by molar-refractivity contribution is 0.203. The number of benzene rings is 1. The minimum Gasteiger partial charge on any atom is -0.384 e. The van der Waals surface area contributed by atoms with Crippen LogP contribution in [0.5, 0.6) is 0 Å². The first-order valence-electron chi connectivity index (χ1n) is 6.40. The third-order valence-corrected chi connectivity index (χ3v) is 3.55. The first-order valence-corrected chi connectivity index (χ1v) is 6.78. The predicted molar refractivity (Wildman–Crippen MR) is 81.4 cm³/mol. The predicted octanol–water partition coefficient (Wildman–Crippen LogP) is 2.88. The number of anilines is 1. The second-order valence-corrected chi connectivity index (χ2v) is 4.93. The summed E-state index contributed by atoms with van der Waals surface area (Å²) in [5.74, 6) is -0.0106. The molecule has 0 aliphatic heterocycles. The van der Waals surface area contributed by atoms with E-state index in [4.69, 9.17) is 27.5 Å². The second kappa shape index (κ2) is 7.36. The molecular formula is C14H22ClN3O. The van der Waals surface area contributed by atoms with Gasteiger partial charge in [-0.15, -0.1) is 0 Å². The number of nitrogen functional groups attached to an aromatic ring is 1. The van der Waals surface area contributed by atoms with Gasteiger partial charge in [0, 0.05) is 30.9 Å². The summed E-state index contributed by atoms with van der Waals surface area (Å²) in [6.45, 7) is 5.79. The van der Waals surface area contributed by atoms with E-state index in [-0.39, 0.29) is 5.84 Å². The molecule has 0 spiro atoms. The molecule has 0 saturated heterocycles. The van der Waals surface area contributed by atoms with Crippen molar-refractivity contribution in [1.29, 1.82) is 5.41 Å². The summed E-state index contributed by atoms with van der Waals surface area (Å²) in [4.78, 5) is 2.25. The molecule has 0 radical (unpaired) electrons. The van der Waals surface area contributed by atoms with Crippen molar-refractivity contribution in [3.8, 4) is 0 Å². The zero-order chi connectivity index (χ0) is 14.4. The second-order valence-electron chi connectivity index (χ2n) is 4.52. The van der Waals surface area contributed by atoms with Gasteiger partial charge < -0.3 is 15.4 Å². The van der Waals surface area contributed by atoms with Crippen LogP contribution in [0.2, 0.25) is 5.02 Å². The van der Waals surface area contributed by atoms with Gasteiger partial charge in [-0.2, -0.15) is 0 Å². The smallest absolute Gasteiger partial charge is 0.124 e. The van der Waals surface area contributed by atoms with Gasteiger partial charge in [-0.05, 0) is 31.5 Å². The summed E-state index contributed by atoms with van der Waals surface area (Å²) in [5.41, 5.74) is 7.07. The summed E-state index contributed by atoms with van der Waals surface area (Å²) in [7, 11) is 1.70. The molecule has 1 aromatic rings. The van der Waals surface area contributed by atoms with E-state index >= 15 is 0 Å². The molecule has 0 aliphatic carbocycles. The lowest BCUT2D eigenvalue weighted by Gasteiger charge is -2.31. The van der Waals surface area contributed by atoms with Crippen LogP contribution < -0.4 is 10.6 Å². The number of rotatable bonds is 7. The van der Waals surface area contributed by atoms with Crippen molar-refractivity contribution in [3.63, 3.8) is 0 Å². The van der Waals surface area contributed by atoms with Gasteiger partial charge in [0.2, 0.25) is 0 Å². The highest BCUT2D eigenvalue weighted by Crippen LogP contribution is 2.25. The fraction of sp³-hybridized carbons (Fsp3) is 0.500. The van der Waals surface area contributed by atoms with Crippen molar-refractivity contribution in [2.24, 2.45) is 5.73 Å². The highest BCUT2D eigenvalue weighted by molar-refractivity contribution is 6.34. The molecular weight excluding hydrogens is 262 g/mol. The Kier molecular flexibility index (Phi) is 6.12. The molecule has 19 heavy (non-hydrogen) atoms. The number of nitrogens with two attached hydrogens (primary N) is 1. The quantitative estimate of drug-likeness (QED) is 0.597. The maximum Gasteiger partial charge on any atom is 0.124 e. The van der Waals surface area contributed by atoms with Crippen molar-refractivity contribution in [3.05, 3.63) is 28.8 Å². The lowest BCUT2D eigenvalue weighted by atomic mass is 10.1. The highest BCUT2D eigenvalue weighted by Gasteiger charge is 2.14. The van der Waals surface area contributed by atoms with Crippen molar-refractivity contribution in [2.75, 3.05) is 25.2 Å². The number of nitrogens with one attached hydrogen (secondary N) is 1. The monoisotopic (exact) mass is 283 g/mol. The molecule has 5 heteroatoms. The zero-order valence-electron chi connectivity index (χ0n) is 11.7. The zero-order valence-corrected chi connectivity index (χ0v) is 12.5. The van der Waals surface area contributed by atoms with Crippen LogP contribution in [0.1, 0.15) is 25.8 Å². The van der Waals surface area contributed by atoms with E-state index in [1.807, 2.05) is 12.1 Å². The molecule has 1 unspecified atom stereocenters. The molecule has 1 atom stereocenters. The molecule has 1 rings (SSSR count). The largest absolute Gasteiger partial charge is 0.384 e. The van der Waals surface area contributed by atoms with E-state index in [1.54, 1.807) is 13.2 Å². The SMILES string of the molecule is CCC(C)N(CCOC)c1ccc(C(=N)N)c(Cl)c1. The summed E-state index contributed by atoms with van der Waals surface area (Å²) >= 11 is 6.17. The highest BCUT2D eigenvalue weighted by atomic mass is 35.5. The van der Waals surface area contributed by atoms with Crippen LogP contribution in [0.15, 0.2) is 18.2 Å². The van der Waals surface area contributed by atoms with Crippen molar-refractivity contribution < 1.29 is 4.74 Å². The van der Waals surface area contributed by atoms with Crippen molar-refractivity contribution >= 4 is 23.1 Å². The maximum absolute atomic E-state index is 7.45. The number of nitrogens with zero attached hydrogens (tertiary/aromatic N) is 1. The van der Waals surface area contributed by atoms with E-state index < -0.39 is 0 Å². The summed E-state index contributed by atoms with van der Waals surface area (Å²) < 4.78 is 5.15. The Balaban J connectivity index is 3.02. The van der Waals surface area contributed by atoms with Gasteiger partial charge in [0.25, 0.3) is 0 Å². The molecule has 0 fully saturated rings. The van der Waals surface area contributed by atoms with Gasteiger partial charge >= 0.3 is 0 Å². The fourth-order valence-electron chi connectivity index (χ4n) is 1.92. The minimum absolute atomic E-state index is 0.0106. The van der Waals surface area contributed by atoms with Crippen LogP contribution >= 0.6 is 11.6 Å². The van der Waals surface area contributed by atoms with Crippen molar-refractivity contribution in [1.82, 2.24) is 0 Å². The third-order valence-electron chi connectivity index (χ3n) is 3.23. The molecule has 0 amide bonds. The van der Waals surface area contributed by atoms with Crippen LogP contribution in [0, 0.1) is 5.41 Å². The van der Waals surface area contributed by atoms with Crippen LogP contribution in [0.3, 0.4) is 0 Å². The van der Waals surface area contributed by atoms with E-state index in [9.17, 15) is 0 Å². The van der Waals surface area contributed by atoms with E-state index in [0.717, 1.165) is 18.7 Å². The Morgan fingerprint density at radius 2 is 2.21 bits per heavy atom. The molecule has 0 saturated carbocycles. The van der Waals surface area contributed by atoms with Gasteiger partial charge in [-0.1, -0.05) is 18.5 Å². The van der Waals surface area contributed by atoms with Crippen LogP contribution in [0.4, 0.5) is 5.69 Å². The molecule has 3 N–H and O–H groups in total. The Morgan fingerprint density at radius 1 is 1.53 bits per heavy atom. The molecule has 0 aliphatic rings. The molecule has 106 valence electrons. The number of ether oxygens (including phenoxy) is 1. The average Bonchev–Trinajstić information content (AvgIpc) is 2.38.